The molecule has 0 spiro atoms. The lowest BCUT2D eigenvalue weighted by molar-refractivity contribution is -0.150. The van der Waals surface area contributed by atoms with Crippen LogP contribution in [0.15, 0.2) is 30.3 Å². The molecule has 3 heteroatoms. The number of ketones is 1. The fraction of sp³-hybridized carbons (Fsp3) is 0.529. The van der Waals surface area contributed by atoms with Gasteiger partial charge < -0.3 is 4.74 Å². The van der Waals surface area contributed by atoms with Gasteiger partial charge in [-0.05, 0) is 11.3 Å². The van der Waals surface area contributed by atoms with Crippen molar-refractivity contribution in [3.8, 4) is 0 Å². The summed E-state index contributed by atoms with van der Waals surface area (Å²) in [6.07, 6.45) is 0. The molecular formula is C17H24O3. The van der Waals surface area contributed by atoms with Crippen molar-refractivity contribution in [2.24, 2.45) is 17.3 Å². The number of ether oxygens (including phenoxy) is 1. The lowest BCUT2D eigenvalue weighted by atomic mass is 9.76. The molecule has 0 amide bonds. The summed E-state index contributed by atoms with van der Waals surface area (Å²) >= 11 is 0. The van der Waals surface area contributed by atoms with Gasteiger partial charge in [-0.25, -0.2) is 0 Å². The average molecular weight is 276 g/mol. The van der Waals surface area contributed by atoms with E-state index in [2.05, 4.69) is 0 Å². The predicted octanol–water partition coefficient (Wildman–Crippen LogP) is 3.73. The summed E-state index contributed by atoms with van der Waals surface area (Å²) in [5.41, 5.74) is 0.0787. The summed E-state index contributed by atoms with van der Waals surface area (Å²) in [7, 11) is 0. The zero-order valence-corrected chi connectivity index (χ0v) is 13.0. The molecule has 1 atom stereocenters. The zero-order valence-electron chi connectivity index (χ0n) is 13.0. The van der Waals surface area contributed by atoms with Crippen LogP contribution in [0.1, 0.15) is 45.0 Å². The topological polar surface area (TPSA) is 43.4 Å². The maximum atomic E-state index is 12.6. The van der Waals surface area contributed by atoms with Crippen molar-refractivity contribution in [1.82, 2.24) is 0 Å². The monoisotopic (exact) mass is 276 g/mol. The Bertz CT molecular complexity index is 455. The van der Waals surface area contributed by atoms with E-state index in [9.17, 15) is 9.59 Å². The molecule has 1 aromatic carbocycles. The molecule has 0 N–H and O–H groups in total. The highest BCUT2D eigenvalue weighted by Gasteiger charge is 2.39. The summed E-state index contributed by atoms with van der Waals surface area (Å²) in [6.45, 7) is 9.93. The number of rotatable bonds is 5. The van der Waals surface area contributed by atoms with Crippen LogP contribution in [0, 0.1) is 17.3 Å². The normalized spacial score (nSPS) is 13.1. The van der Waals surface area contributed by atoms with Crippen molar-refractivity contribution in [3.63, 3.8) is 0 Å². The van der Waals surface area contributed by atoms with Crippen molar-refractivity contribution < 1.29 is 14.3 Å². The van der Waals surface area contributed by atoms with Gasteiger partial charge in [0.05, 0.1) is 6.61 Å². The molecule has 0 fully saturated rings. The van der Waals surface area contributed by atoms with Gasteiger partial charge in [0.2, 0.25) is 0 Å². The average Bonchev–Trinajstić information content (AvgIpc) is 2.35. The Morgan fingerprint density at radius 3 is 2.10 bits per heavy atom. The highest BCUT2D eigenvalue weighted by Crippen LogP contribution is 2.30. The van der Waals surface area contributed by atoms with Gasteiger partial charge >= 0.3 is 5.97 Å². The van der Waals surface area contributed by atoms with Gasteiger partial charge in [0.15, 0.2) is 5.78 Å². The standard InChI is InChI=1S/C17H24O3/c1-12(2)11-20-16(19)14(17(3,4)5)15(18)13-9-7-6-8-10-13/h6-10,12,14H,11H2,1-5H3. The van der Waals surface area contributed by atoms with Crippen LogP contribution < -0.4 is 0 Å². The molecule has 0 aromatic heterocycles. The first kappa shape index (κ1) is 16.4. The van der Waals surface area contributed by atoms with Crippen LogP contribution in [0.3, 0.4) is 0 Å². The van der Waals surface area contributed by atoms with Crippen LogP contribution in [0.4, 0.5) is 0 Å². The van der Waals surface area contributed by atoms with Crippen LogP contribution in [-0.4, -0.2) is 18.4 Å². The molecule has 0 aliphatic heterocycles. The van der Waals surface area contributed by atoms with Gasteiger partial charge in [0.25, 0.3) is 0 Å². The molecular weight excluding hydrogens is 252 g/mol. The number of hydrogen-bond donors (Lipinski definition) is 0. The predicted molar refractivity (Wildman–Crippen MR) is 79.5 cm³/mol. The molecule has 0 heterocycles. The summed E-state index contributed by atoms with van der Waals surface area (Å²) in [5, 5.41) is 0. The van der Waals surface area contributed by atoms with E-state index in [1.54, 1.807) is 24.3 Å². The molecule has 1 unspecified atom stereocenters. The van der Waals surface area contributed by atoms with Crippen molar-refractivity contribution >= 4 is 11.8 Å². The van der Waals surface area contributed by atoms with Gasteiger partial charge in [-0.15, -0.1) is 0 Å². The number of Topliss-reactive ketones (excluding diaryl/α,β-unsaturated/α-hetero) is 1. The number of carbonyl (C=O) groups is 2. The molecule has 3 nitrogen and oxygen atoms in total. The maximum Gasteiger partial charge on any atom is 0.317 e. The van der Waals surface area contributed by atoms with E-state index in [-0.39, 0.29) is 11.7 Å². The Morgan fingerprint density at radius 1 is 1.10 bits per heavy atom. The van der Waals surface area contributed by atoms with E-state index < -0.39 is 17.3 Å². The minimum Gasteiger partial charge on any atom is -0.465 e. The maximum absolute atomic E-state index is 12.6. The molecule has 1 rings (SSSR count). The third kappa shape index (κ3) is 4.48. The van der Waals surface area contributed by atoms with E-state index >= 15 is 0 Å². The minimum absolute atomic E-state index is 0.174. The van der Waals surface area contributed by atoms with E-state index in [0.717, 1.165) is 0 Å². The number of esters is 1. The fourth-order valence-corrected chi connectivity index (χ4v) is 1.96. The quantitative estimate of drug-likeness (QED) is 0.467. The van der Waals surface area contributed by atoms with Crippen LogP contribution in [-0.2, 0) is 9.53 Å². The first-order chi connectivity index (χ1) is 9.23. The molecule has 0 aliphatic carbocycles. The van der Waals surface area contributed by atoms with E-state index in [1.807, 2.05) is 40.7 Å². The number of benzene rings is 1. The second-order valence-corrected chi connectivity index (χ2v) is 6.55. The lowest BCUT2D eigenvalue weighted by Crippen LogP contribution is -2.37. The van der Waals surface area contributed by atoms with Crippen molar-refractivity contribution in [1.29, 1.82) is 0 Å². The fourth-order valence-electron chi connectivity index (χ4n) is 1.96. The zero-order chi connectivity index (χ0) is 15.3. The summed E-state index contributed by atoms with van der Waals surface area (Å²) < 4.78 is 5.27. The van der Waals surface area contributed by atoms with Gasteiger partial charge in [-0.3, -0.25) is 9.59 Å². The molecule has 110 valence electrons. The van der Waals surface area contributed by atoms with E-state index in [4.69, 9.17) is 4.74 Å². The Morgan fingerprint density at radius 2 is 1.65 bits per heavy atom. The van der Waals surface area contributed by atoms with Crippen LogP contribution in [0.25, 0.3) is 0 Å². The Kier molecular flexibility index (Phi) is 5.49. The molecule has 0 saturated heterocycles. The Balaban J connectivity index is 2.96. The van der Waals surface area contributed by atoms with Crippen molar-refractivity contribution in [3.05, 3.63) is 35.9 Å². The first-order valence-electron chi connectivity index (χ1n) is 6.99. The lowest BCUT2D eigenvalue weighted by Gasteiger charge is -2.28. The second-order valence-electron chi connectivity index (χ2n) is 6.55. The highest BCUT2D eigenvalue weighted by molar-refractivity contribution is 6.09. The van der Waals surface area contributed by atoms with Crippen molar-refractivity contribution in [2.75, 3.05) is 6.61 Å². The van der Waals surface area contributed by atoms with E-state index in [0.29, 0.717) is 12.2 Å². The largest absolute Gasteiger partial charge is 0.465 e. The summed E-state index contributed by atoms with van der Waals surface area (Å²) in [5.74, 6) is -1.12. The smallest absolute Gasteiger partial charge is 0.317 e. The van der Waals surface area contributed by atoms with Gasteiger partial charge in [-0.1, -0.05) is 65.0 Å². The van der Waals surface area contributed by atoms with Crippen molar-refractivity contribution in [2.45, 2.75) is 34.6 Å². The number of carbonyl (C=O) groups excluding carboxylic acids is 2. The summed E-state index contributed by atoms with van der Waals surface area (Å²) in [4.78, 5) is 24.8. The molecule has 1 aromatic rings. The van der Waals surface area contributed by atoms with Gasteiger partial charge in [0.1, 0.15) is 5.92 Å². The second kappa shape index (κ2) is 6.69. The van der Waals surface area contributed by atoms with Gasteiger partial charge in [-0.2, -0.15) is 0 Å². The third-order valence-electron chi connectivity index (χ3n) is 2.98. The number of hydrogen-bond acceptors (Lipinski definition) is 3. The highest BCUT2D eigenvalue weighted by atomic mass is 16.5. The molecule has 0 bridgehead atoms. The van der Waals surface area contributed by atoms with Crippen LogP contribution in [0.2, 0.25) is 0 Å². The van der Waals surface area contributed by atoms with E-state index in [1.165, 1.54) is 0 Å². The van der Waals surface area contributed by atoms with Gasteiger partial charge in [0, 0.05) is 5.56 Å². The summed E-state index contributed by atoms with van der Waals surface area (Å²) in [6, 6.07) is 8.91. The van der Waals surface area contributed by atoms with Crippen LogP contribution in [0.5, 0.6) is 0 Å². The SMILES string of the molecule is CC(C)COC(=O)C(C(=O)c1ccccc1)C(C)(C)C. The molecule has 20 heavy (non-hydrogen) atoms. The third-order valence-corrected chi connectivity index (χ3v) is 2.98. The first-order valence-corrected chi connectivity index (χ1v) is 6.99. The van der Waals surface area contributed by atoms with Crippen LogP contribution >= 0.6 is 0 Å². The molecule has 0 aliphatic rings. The minimum atomic E-state index is -0.774. The molecule has 0 radical (unpaired) electrons. The Labute approximate surface area is 121 Å². The Hall–Kier alpha value is -1.64. The molecule has 0 saturated carbocycles.